The van der Waals surface area contributed by atoms with Crippen LogP contribution in [-0.4, -0.2) is 20.7 Å². The molecule has 1 saturated carbocycles. The molecule has 0 spiro atoms. The van der Waals surface area contributed by atoms with Gasteiger partial charge in [-0.1, -0.05) is 6.92 Å². The van der Waals surface area contributed by atoms with E-state index in [9.17, 15) is 0 Å². The van der Waals surface area contributed by atoms with Crippen molar-refractivity contribution in [3.05, 3.63) is 42.2 Å². The molecule has 1 aliphatic rings. The summed E-state index contributed by atoms with van der Waals surface area (Å²) in [6.45, 7) is 7.38. The fraction of sp³-hybridized carbons (Fsp3) is 0.588. The maximum absolute atomic E-state index is 4.27. The van der Waals surface area contributed by atoms with Crippen LogP contribution >= 0.6 is 0 Å². The third-order valence-corrected chi connectivity index (χ3v) is 4.36. The summed E-state index contributed by atoms with van der Waals surface area (Å²) in [7, 11) is 0. The number of hydrogen-bond acceptors (Lipinski definition) is 2. The van der Waals surface area contributed by atoms with Gasteiger partial charge in [-0.05, 0) is 50.3 Å². The highest BCUT2D eigenvalue weighted by Crippen LogP contribution is 2.41. The van der Waals surface area contributed by atoms with Crippen LogP contribution in [0.1, 0.15) is 43.6 Å². The average molecular weight is 286 g/mol. The molecule has 2 aromatic rings. The first kappa shape index (κ1) is 14.4. The quantitative estimate of drug-likeness (QED) is 0.809. The van der Waals surface area contributed by atoms with Crippen molar-refractivity contribution in [2.24, 2.45) is 5.92 Å². The molecule has 1 N–H and O–H groups in total. The first-order valence-electron chi connectivity index (χ1n) is 8.14. The summed E-state index contributed by atoms with van der Waals surface area (Å²) in [5, 5.41) is 3.71. The van der Waals surface area contributed by atoms with E-state index in [-0.39, 0.29) is 0 Å². The van der Waals surface area contributed by atoms with Crippen LogP contribution in [0.3, 0.4) is 0 Å². The predicted octanol–water partition coefficient (Wildman–Crippen LogP) is 3.14. The molecule has 0 amide bonds. The Balaban J connectivity index is 1.60. The second kappa shape index (κ2) is 6.48. The van der Waals surface area contributed by atoms with Crippen LogP contribution in [0.4, 0.5) is 0 Å². The first-order chi connectivity index (χ1) is 10.3. The van der Waals surface area contributed by atoms with Crippen molar-refractivity contribution in [2.45, 2.75) is 52.2 Å². The van der Waals surface area contributed by atoms with Crippen LogP contribution in [-0.2, 0) is 13.1 Å². The third kappa shape index (κ3) is 3.56. The Kier molecular flexibility index (Phi) is 4.44. The summed E-state index contributed by atoms with van der Waals surface area (Å²) < 4.78 is 4.51. The van der Waals surface area contributed by atoms with E-state index in [1.165, 1.54) is 24.8 Å². The monoisotopic (exact) mass is 286 g/mol. The van der Waals surface area contributed by atoms with Gasteiger partial charge in [-0.3, -0.25) is 0 Å². The molecule has 1 unspecified atom stereocenters. The summed E-state index contributed by atoms with van der Waals surface area (Å²) in [6.07, 6.45) is 12.4. The molecule has 4 nitrogen and oxygen atoms in total. The summed E-state index contributed by atoms with van der Waals surface area (Å²) in [5.41, 5.74) is 1.45. The van der Waals surface area contributed by atoms with Gasteiger partial charge in [-0.25, -0.2) is 4.98 Å². The number of aryl methyl sites for hydroxylation is 3. The van der Waals surface area contributed by atoms with E-state index in [0.717, 1.165) is 31.4 Å². The van der Waals surface area contributed by atoms with E-state index < -0.39 is 0 Å². The summed E-state index contributed by atoms with van der Waals surface area (Å²) in [4.78, 5) is 4.27. The van der Waals surface area contributed by atoms with Gasteiger partial charge in [0.2, 0.25) is 0 Å². The fourth-order valence-corrected chi connectivity index (χ4v) is 2.93. The Labute approximate surface area is 127 Å². The van der Waals surface area contributed by atoms with Gasteiger partial charge in [0.05, 0.1) is 0 Å². The molecule has 0 aromatic carbocycles. The number of rotatable bonds is 8. The Morgan fingerprint density at radius 2 is 2.19 bits per heavy atom. The predicted molar refractivity (Wildman–Crippen MR) is 85.2 cm³/mol. The van der Waals surface area contributed by atoms with Crippen molar-refractivity contribution in [3.63, 3.8) is 0 Å². The molecular formula is C17H26N4. The van der Waals surface area contributed by atoms with Crippen molar-refractivity contribution >= 4 is 0 Å². The van der Waals surface area contributed by atoms with Crippen molar-refractivity contribution in [2.75, 3.05) is 6.54 Å². The maximum Gasteiger partial charge on any atom is 0.105 e. The van der Waals surface area contributed by atoms with Crippen molar-refractivity contribution < 1.29 is 0 Å². The second-order valence-corrected chi connectivity index (χ2v) is 6.12. The smallest absolute Gasteiger partial charge is 0.105 e. The fourth-order valence-electron chi connectivity index (χ4n) is 2.93. The third-order valence-electron chi connectivity index (χ3n) is 4.36. The molecule has 0 aliphatic heterocycles. The molecule has 3 rings (SSSR count). The van der Waals surface area contributed by atoms with Gasteiger partial charge in [0, 0.05) is 43.9 Å². The molecule has 114 valence electrons. The Hall–Kier alpha value is -1.55. The molecule has 2 aromatic heterocycles. The Morgan fingerprint density at radius 1 is 1.33 bits per heavy atom. The molecule has 21 heavy (non-hydrogen) atoms. The number of nitrogens with zero attached hydrogens (tertiary/aromatic N) is 3. The highest BCUT2D eigenvalue weighted by Gasteiger charge is 2.32. The number of nitrogens with one attached hydrogen (secondary N) is 1. The Morgan fingerprint density at radius 3 is 2.86 bits per heavy atom. The normalized spacial score (nSPS) is 16.3. The van der Waals surface area contributed by atoms with Crippen LogP contribution < -0.4 is 5.32 Å². The minimum Gasteiger partial charge on any atom is -0.352 e. The van der Waals surface area contributed by atoms with Gasteiger partial charge in [-0.15, -0.1) is 0 Å². The lowest BCUT2D eigenvalue weighted by atomic mass is 10.1. The summed E-state index contributed by atoms with van der Waals surface area (Å²) >= 11 is 0. The molecule has 1 atom stereocenters. The van der Waals surface area contributed by atoms with Gasteiger partial charge in [0.15, 0.2) is 0 Å². The molecular weight excluding hydrogens is 260 g/mol. The van der Waals surface area contributed by atoms with Crippen LogP contribution in [0.5, 0.6) is 0 Å². The lowest BCUT2D eigenvalue weighted by molar-refractivity contribution is 0.479. The zero-order chi connectivity index (χ0) is 14.7. The first-order valence-corrected chi connectivity index (χ1v) is 8.14. The zero-order valence-electron chi connectivity index (χ0n) is 13.1. The maximum atomic E-state index is 4.27. The molecule has 0 radical (unpaired) electrons. The molecule has 4 heteroatoms. The van der Waals surface area contributed by atoms with Crippen LogP contribution in [0, 0.1) is 12.8 Å². The van der Waals surface area contributed by atoms with Crippen molar-refractivity contribution in [1.29, 1.82) is 0 Å². The van der Waals surface area contributed by atoms with E-state index in [1.807, 2.05) is 6.20 Å². The van der Waals surface area contributed by atoms with Crippen molar-refractivity contribution in [1.82, 2.24) is 19.4 Å². The van der Waals surface area contributed by atoms with Crippen LogP contribution in [0.25, 0.3) is 0 Å². The summed E-state index contributed by atoms with van der Waals surface area (Å²) in [6, 6.07) is 2.84. The SMILES string of the molecule is CCCNC(c1ccn(CCn2ccnc2C)c1)C1CC1. The summed E-state index contributed by atoms with van der Waals surface area (Å²) in [5.74, 6) is 1.94. The van der Waals surface area contributed by atoms with E-state index in [0.29, 0.717) is 6.04 Å². The van der Waals surface area contributed by atoms with Crippen molar-refractivity contribution in [3.8, 4) is 0 Å². The number of aromatic nitrogens is 3. The molecule has 0 bridgehead atoms. The second-order valence-electron chi connectivity index (χ2n) is 6.12. The molecule has 0 saturated heterocycles. The van der Waals surface area contributed by atoms with Gasteiger partial charge in [0.1, 0.15) is 5.82 Å². The number of hydrogen-bond donors (Lipinski definition) is 1. The number of imidazole rings is 1. The van der Waals surface area contributed by atoms with E-state index >= 15 is 0 Å². The zero-order valence-corrected chi connectivity index (χ0v) is 13.1. The lowest BCUT2D eigenvalue weighted by Gasteiger charge is -2.16. The topological polar surface area (TPSA) is 34.8 Å². The molecule has 1 fully saturated rings. The van der Waals surface area contributed by atoms with Gasteiger partial charge in [0.25, 0.3) is 0 Å². The minimum absolute atomic E-state index is 0.557. The minimum atomic E-state index is 0.557. The van der Waals surface area contributed by atoms with Crippen LogP contribution in [0.2, 0.25) is 0 Å². The van der Waals surface area contributed by atoms with Gasteiger partial charge >= 0.3 is 0 Å². The average Bonchev–Trinajstić information content (AvgIpc) is 3.07. The largest absolute Gasteiger partial charge is 0.352 e. The lowest BCUT2D eigenvalue weighted by Crippen LogP contribution is -2.23. The van der Waals surface area contributed by atoms with Gasteiger partial charge in [-0.2, -0.15) is 0 Å². The molecule has 2 heterocycles. The standard InChI is InChI=1S/C17H26N4/c1-3-7-19-17(15-4-5-15)16-6-9-20(13-16)11-12-21-10-8-18-14(21)2/h6,8-10,13,15,17,19H,3-5,7,11-12H2,1-2H3. The van der Waals surface area contributed by atoms with Crippen LogP contribution in [0.15, 0.2) is 30.9 Å². The van der Waals surface area contributed by atoms with E-state index in [1.54, 1.807) is 0 Å². The highest BCUT2D eigenvalue weighted by atomic mass is 15.1. The molecule has 1 aliphatic carbocycles. The van der Waals surface area contributed by atoms with E-state index in [2.05, 4.69) is 57.9 Å². The van der Waals surface area contributed by atoms with E-state index in [4.69, 9.17) is 0 Å². The Bertz CT molecular complexity index is 565. The van der Waals surface area contributed by atoms with Gasteiger partial charge < -0.3 is 14.5 Å². The highest BCUT2D eigenvalue weighted by molar-refractivity contribution is 5.18.